The van der Waals surface area contributed by atoms with E-state index < -0.39 is 0 Å². The molecule has 3 heteroatoms. The van der Waals surface area contributed by atoms with Crippen LogP contribution in [0.5, 0.6) is 0 Å². The van der Waals surface area contributed by atoms with E-state index in [1.807, 2.05) is 24.4 Å². The summed E-state index contributed by atoms with van der Waals surface area (Å²) >= 11 is 0. The summed E-state index contributed by atoms with van der Waals surface area (Å²) in [5.74, 6) is 0. The van der Waals surface area contributed by atoms with Gasteiger partial charge in [0.15, 0.2) is 0 Å². The van der Waals surface area contributed by atoms with Gasteiger partial charge in [-0.15, -0.1) is 0 Å². The molecule has 18 heavy (non-hydrogen) atoms. The van der Waals surface area contributed by atoms with Crippen molar-refractivity contribution in [3.63, 3.8) is 0 Å². The van der Waals surface area contributed by atoms with Crippen molar-refractivity contribution in [2.24, 2.45) is 0 Å². The van der Waals surface area contributed by atoms with Crippen LogP contribution in [0.1, 0.15) is 18.5 Å². The quantitative estimate of drug-likeness (QED) is 0.728. The van der Waals surface area contributed by atoms with Gasteiger partial charge in [0, 0.05) is 17.1 Å². The molecule has 1 heterocycles. The first-order valence-electron chi connectivity index (χ1n) is 6.08. The van der Waals surface area contributed by atoms with Crippen LogP contribution in [0.4, 0.5) is 5.69 Å². The minimum atomic E-state index is 0.270. The van der Waals surface area contributed by atoms with Crippen LogP contribution >= 0.6 is 0 Å². The van der Waals surface area contributed by atoms with Gasteiger partial charge in [0.1, 0.15) is 0 Å². The number of anilines is 1. The van der Waals surface area contributed by atoms with E-state index in [4.69, 9.17) is 0 Å². The van der Waals surface area contributed by atoms with Crippen LogP contribution in [0.25, 0.3) is 10.9 Å². The molecule has 1 atom stereocenters. The van der Waals surface area contributed by atoms with Gasteiger partial charge in [-0.1, -0.05) is 36.4 Å². The Morgan fingerprint density at radius 2 is 1.89 bits per heavy atom. The van der Waals surface area contributed by atoms with E-state index >= 15 is 0 Å². The number of hydrogen-bond acceptors (Lipinski definition) is 2. The molecule has 2 aromatic carbocycles. The first-order valence-corrected chi connectivity index (χ1v) is 6.08. The highest BCUT2D eigenvalue weighted by atomic mass is 15.1. The molecule has 0 saturated heterocycles. The molecular formula is C15H15N3. The van der Waals surface area contributed by atoms with E-state index in [0.29, 0.717) is 0 Å². The number of hydrogen-bond donors (Lipinski definition) is 2. The van der Waals surface area contributed by atoms with Crippen LogP contribution in [0.2, 0.25) is 0 Å². The molecule has 3 nitrogen and oxygen atoms in total. The Morgan fingerprint density at radius 1 is 1.06 bits per heavy atom. The smallest absolute Gasteiger partial charge is 0.0671 e. The average Bonchev–Trinajstić information content (AvgIpc) is 2.89. The predicted octanol–water partition coefficient (Wildman–Crippen LogP) is 3.74. The zero-order chi connectivity index (χ0) is 12.4. The molecule has 0 fully saturated rings. The maximum absolute atomic E-state index is 4.08. The van der Waals surface area contributed by atoms with E-state index in [1.165, 1.54) is 5.56 Å². The summed E-state index contributed by atoms with van der Waals surface area (Å²) in [6.07, 6.45) is 1.86. The van der Waals surface area contributed by atoms with Gasteiger partial charge < -0.3 is 5.32 Å². The summed E-state index contributed by atoms with van der Waals surface area (Å²) in [5.41, 5.74) is 3.44. The van der Waals surface area contributed by atoms with Crippen molar-refractivity contribution in [2.75, 3.05) is 5.32 Å². The van der Waals surface area contributed by atoms with Gasteiger partial charge in [0.2, 0.25) is 0 Å². The number of fused-ring (bicyclic) bond motifs is 1. The monoisotopic (exact) mass is 237 g/mol. The third-order valence-corrected chi connectivity index (χ3v) is 3.16. The Bertz CT molecular complexity index is 643. The third-order valence-electron chi connectivity index (χ3n) is 3.16. The lowest BCUT2D eigenvalue weighted by atomic mass is 10.1. The van der Waals surface area contributed by atoms with Gasteiger partial charge in [0.25, 0.3) is 0 Å². The number of benzene rings is 2. The molecule has 3 aromatic rings. The second kappa shape index (κ2) is 4.53. The molecule has 3 rings (SSSR count). The van der Waals surface area contributed by atoms with Crippen LogP contribution in [0.3, 0.4) is 0 Å². The van der Waals surface area contributed by atoms with Crippen molar-refractivity contribution < 1.29 is 0 Å². The number of aromatic nitrogens is 2. The number of nitrogens with zero attached hydrogens (tertiary/aromatic N) is 1. The molecule has 0 aliphatic rings. The molecule has 0 aliphatic carbocycles. The Balaban J connectivity index is 1.91. The van der Waals surface area contributed by atoms with Crippen LogP contribution in [-0.4, -0.2) is 10.2 Å². The van der Waals surface area contributed by atoms with Gasteiger partial charge in [-0.3, -0.25) is 5.10 Å². The highest BCUT2D eigenvalue weighted by Crippen LogP contribution is 2.25. The van der Waals surface area contributed by atoms with E-state index in [2.05, 4.69) is 52.8 Å². The Kier molecular flexibility index (Phi) is 2.73. The highest BCUT2D eigenvalue weighted by Gasteiger charge is 2.07. The average molecular weight is 237 g/mol. The van der Waals surface area contributed by atoms with E-state index in [-0.39, 0.29) is 6.04 Å². The zero-order valence-electron chi connectivity index (χ0n) is 10.2. The molecule has 0 bridgehead atoms. The summed E-state index contributed by atoms with van der Waals surface area (Å²) in [6.45, 7) is 2.16. The number of nitrogens with one attached hydrogen (secondary N) is 2. The fourth-order valence-electron chi connectivity index (χ4n) is 2.15. The normalized spacial score (nSPS) is 12.5. The van der Waals surface area contributed by atoms with E-state index in [0.717, 1.165) is 16.6 Å². The number of aromatic amines is 1. The molecule has 0 spiro atoms. The summed E-state index contributed by atoms with van der Waals surface area (Å²) in [5, 5.41) is 11.7. The van der Waals surface area contributed by atoms with Crippen molar-refractivity contribution in [1.29, 1.82) is 0 Å². The van der Waals surface area contributed by atoms with Crippen molar-refractivity contribution >= 4 is 16.6 Å². The van der Waals surface area contributed by atoms with Crippen molar-refractivity contribution in [3.05, 3.63) is 60.3 Å². The predicted molar refractivity (Wildman–Crippen MR) is 74.6 cm³/mol. The Hall–Kier alpha value is -2.29. The van der Waals surface area contributed by atoms with Crippen LogP contribution in [0.15, 0.2) is 54.7 Å². The molecule has 0 amide bonds. The van der Waals surface area contributed by atoms with Gasteiger partial charge in [-0.25, -0.2) is 0 Å². The molecule has 1 unspecified atom stereocenters. The Morgan fingerprint density at radius 3 is 2.72 bits per heavy atom. The standard InChI is InChI=1S/C15H15N3/c1-11(12-6-3-2-4-7-12)17-14-8-5-9-15-13(14)10-16-18-15/h2-11,17H,1H3,(H,16,18). The van der Waals surface area contributed by atoms with Crippen molar-refractivity contribution in [1.82, 2.24) is 10.2 Å². The lowest BCUT2D eigenvalue weighted by Gasteiger charge is -2.16. The maximum atomic E-state index is 4.08. The highest BCUT2D eigenvalue weighted by molar-refractivity contribution is 5.90. The van der Waals surface area contributed by atoms with Gasteiger partial charge in [0.05, 0.1) is 11.7 Å². The molecule has 90 valence electrons. The van der Waals surface area contributed by atoms with E-state index in [9.17, 15) is 0 Å². The SMILES string of the molecule is CC(Nc1cccc2[nH]ncc12)c1ccccc1. The molecule has 0 radical (unpaired) electrons. The number of rotatable bonds is 3. The largest absolute Gasteiger partial charge is 0.378 e. The molecular weight excluding hydrogens is 222 g/mol. The van der Waals surface area contributed by atoms with Crippen molar-refractivity contribution in [2.45, 2.75) is 13.0 Å². The van der Waals surface area contributed by atoms with Crippen LogP contribution in [-0.2, 0) is 0 Å². The minimum Gasteiger partial charge on any atom is -0.378 e. The van der Waals surface area contributed by atoms with Gasteiger partial charge in [-0.2, -0.15) is 5.10 Å². The second-order valence-electron chi connectivity index (χ2n) is 4.41. The zero-order valence-corrected chi connectivity index (χ0v) is 10.2. The summed E-state index contributed by atoms with van der Waals surface area (Å²) in [4.78, 5) is 0. The van der Waals surface area contributed by atoms with Crippen molar-refractivity contribution in [3.8, 4) is 0 Å². The maximum Gasteiger partial charge on any atom is 0.0671 e. The summed E-state index contributed by atoms with van der Waals surface area (Å²) < 4.78 is 0. The topological polar surface area (TPSA) is 40.7 Å². The minimum absolute atomic E-state index is 0.270. The molecule has 1 aromatic heterocycles. The molecule has 2 N–H and O–H groups in total. The number of H-pyrrole nitrogens is 1. The fraction of sp³-hybridized carbons (Fsp3) is 0.133. The third kappa shape index (κ3) is 1.95. The molecule has 0 saturated carbocycles. The Labute approximate surface area is 106 Å². The summed E-state index contributed by atoms with van der Waals surface area (Å²) in [7, 11) is 0. The molecule has 0 aliphatic heterocycles. The van der Waals surface area contributed by atoms with Crippen LogP contribution < -0.4 is 5.32 Å². The summed E-state index contributed by atoms with van der Waals surface area (Å²) in [6, 6.07) is 16.8. The van der Waals surface area contributed by atoms with Crippen LogP contribution in [0, 0.1) is 0 Å². The fourth-order valence-corrected chi connectivity index (χ4v) is 2.15. The first kappa shape index (κ1) is 10.8. The lowest BCUT2D eigenvalue weighted by molar-refractivity contribution is 0.887. The van der Waals surface area contributed by atoms with Gasteiger partial charge in [-0.05, 0) is 24.6 Å². The van der Waals surface area contributed by atoms with Gasteiger partial charge >= 0.3 is 0 Å². The first-order chi connectivity index (χ1) is 8.84. The lowest BCUT2D eigenvalue weighted by Crippen LogP contribution is -2.06. The second-order valence-corrected chi connectivity index (χ2v) is 4.41. The van der Waals surface area contributed by atoms with E-state index in [1.54, 1.807) is 0 Å².